The van der Waals surface area contributed by atoms with Crippen LogP contribution in [0.2, 0.25) is 0 Å². The first-order chi connectivity index (χ1) is 17.6. The molecule has 1 fully saturated rings. The van der Waals surface area contributed by atoms with Gasteiger partial charge in [0.15, 0.2) is 5.82 Å². The molecule has 1 aromatic rings. The van der Waals surface area contributed by atoms with Gasteiger partial charge >= 0.3 is 30.0 Å². The summed E-state index contributed by atoms with van der Waals surface area (Å²) in [5, 5.41) is 9.57. The lowest BCUT2D eigenvalue weighted by Gasteiger charge is -2.28. The van der Waals surface area contributed by atoms with Gasteiger partial charge < -0.3 is 28.8 Å². The molecule has 1 aliphatic heterocycles. The number of aliphatic hydroxyl groups is 1. The van der Waals surface area contributed by atoms with Gasteiger partial charge in [-0.2, -0.15) is 18.7 Å². The first-order valence-corrected chi connectivity index (χ1v) is 11.9. The van der Waals surface area contributed by atoms with E-state index < -0.39 is 77.6 Å². The zero-order chi connectivity index (χ0) is 30.1. The summed E-state index contributed by atoms with van der Waals surface area (Å²) in [5.41, 5.74) is -4.50. The summed E-state index contributed by atoms with van der Waals surface area (Å²) in [6, 6.07) is 0.921. The number of carbonyl (C=O) groups is 3. The lowest BCUT2D eigenvalue weighted by molar-refractivity contribution is -0.149. The van der Waals surface area contributed by atoms with Gasteiger partial charge in [0.05, 0.1) is 6.61 Å². The van der Waals surface area contributed by atoms with Gasteiger partial charge in [-0.1, -0.05) is 0 Å². The smallest absolute Gasteiger partial charge is 0.443 e. The van der Waals surface area contributed by atoms with Crippen molar-refractivity contribution in [3.05, 3.63) is 22.7 Å². The van der Waals surface area contributed by atoms with Gasteiger partial charge in [0, 0.05) is 6.20 Å². The summed E-state index contributed by atoms with van der Waals surface area (Å²) in [6.07, 6.45) is -9.48. The highest BCUT2D eigenvalue weighted by atomic mass is 19.3. The highest BCUT2D eigenvalue weighted by Crippen LogP contribution is 2.44. The third-order valence-corrected chi connectivity index (χ3v) is 4.59. The molecule has 1 aliphatic rings. The lowest BCUT2D eigenvalue weighted by Crippen LogP contribution is -2.46. The Balaban J connectivity index is 2.44. The Hall–Kier alpha value is -3.33. The fraction of sp³-hybridized carbons (Fsp3) is 0.708. The SMILES string of the molecule is CC(C)(C)OC(=O)O[C@@H]1[C@@H](CO)O[C@@H](n2ccc(N(C(=O)OC(C)(C)C)C(=O)OC(C)(C)C)nc2=O)C1(F)F. The molecule has 0 aliphatic carbocycles. The molecule has 0 unspecified atom stereocenters. The molecule has 0 radical (unpaired) electrons. The number of halogens is 2. The van der Waals surface area contributed by atoms with E-state index in [0.717, 1.165) is 12.3 Å². The molecule has 1 N–H and O–H groups in total. The van der Waals surface area contributed by atoms with Crippen LogP contribution in [-0.2, 0) is 23.7 Å². The van der Waals surface area contributed by atoms with Gasteiger partial charge in [-0.15, -0.1) is 0 Å². The number of alkyl halides is 2. The van der Waals surface area contributed by atoms with Gasteiger partial charge in [-0.05, 0) is 68.4 Å². The first kappa shape index (κ1) is 31.9. The molecular formula is C24H35F2N3O10. The number of ether oxygens (including phenoxy) is 5. The Bertz CT molecular complexity index is 1110. The maximum Gasteiger partial charge on any atom is 0.509 e. The highest BCUT2D eigenvalue weighted by molar-refractivity contribution is 6.08. The van der Waals surface area contributed by atoms with Crippen molar-refractivity contribution in [1.29, 1.82) is 0 Å². The van der Waals surface area contributed by atoms with Crippen molar-refractivity contribution in [2.45, 2.75) is 103 Å². The molecule has 1 aromatic heterocycles. The first-order valence-electron chi connectivity index (χ1n) is 11.9. The molecule has 2 heterocycles. The van der Waals surface area contributed by atoms with Gasteiger partial charge in [0.25, 0.3) is 0 Å². The fourth-order valence-electron chi connectivity index (χ4n) is 3.22. The summed E-state index contributed by atoms with van der Waals surface area (Å²) in [6.45, 7) is 12.7. The lowest BCUT2D eigenvalue weighted by atomic mass is 10.1. The van der Waals surface area contributed by atoms with Crippen molar-refractivity contribution in [2.24, 2.45) is 0 Å². The molecule has 2 amide bonds. The van der Waals surface area contributed by atoms with E-state index in [4.69, 9.17) is 23.7 Å². The van der Waals surface area contributed by atoms with E-state index in [9.17, 15) is 24.3 Å². The van der Waals surface area contributed by atoms with Gasteiger partial charge in [0.1, 0.15) is 22.9 Å². The monoisotopic (exact) mass is 563 g/mol. The maximum absolute atomic E-state index is 15.3. The van der Waals surface area contributed by atoms with E-state index >= 15 is 8.78 Å². The average molecular weight is 564 g/mol. The topological polar surface area (TPSA) is 156 Å². The molecule has 3 atom stereocenters. The Morgan fingerprint density at radius 3 is 1.90 bits per heavy atom. The Morgan fingerprint density at radius 1 is 1.00 bits per heavy atom. The highest BCUT2D eigenvalue weighted by Gasteiger charge is 2.62. The fourth-order valence-corrected chi connectivity index (χ4v) is 3.22. The van der Waals surface area contributed by atoms with Crippen LogP contribution in [0, 0.1) is 0 Å². The van der Waals surface area contributed by atoms with Crippen molar-refractivity contribution < 1.29 is 52.0 Å². The van der Waals surface area contributed by atoms with Gasteiger partial charge in [0.2, 0.25) is 12.3 Å². The Morgan fingerprint density at radius 2 is 1.49 bits per heavy atom. The van der Waals surface area contributed by atoms with Crippen LogP contribution in [0.25, 0.3) is 0 Å². The second-order valence-corrected chi connectivity index (χ2v) is 11.7. The van der Waals surface area contributed by atoms with Gasteiger partial charge in [-0.3, -0.25) is 4.57 Å². The summed E-state index contributed by atoms with van der Waals surface area (Å²) in [4.78, 5) is 54.4. The van der Waals surface area contributed by atoms with Crippen molar-refractivity contribution in [2.75, 3.05) is 11.5 Å². The number of hydrogen-bond acceptors (Lipinski definition) is 11. The van der Waals surface area contributed by atoms with E-state index in [0.29, 0.717) is 9.47 Å². The minimum Gasteiger partial charge on any atom is -0.443 e. The Kier molecular flexibility index (Phi) is 9.03. The number of rotatable bonds is 4. The van der Waals surface area contributed by atoms with Crippen molar-refractivity contribution in [3.8, 4) is 0 Å². The number of nitrogens with zero attached hydrogens (tertiary/aromatic N) is 3. The number of anilines is 1. The van der Waals surface area contributed by atoms with Crippen LogP contribution < -0.4 is 10.6 Å². The van der Waals surface area contributed by atoms with Crippen LogP contribution in [0.5, 0.6) is 0 Å². The van der Waals surface area contributed by atoms with Crippen LogP contribution in [0.4, 0.5) is 29.0 Å². The molecular weight excluding hydrogens is 528 g/mol. The van der Waals surface area contributed by atoms with E-state index in [1.165, 1.54) is 62.3 Å². The third-order valence-electron chi connectivity index (χ3n) is 4.59. The van der Waals surface area contributed by atoms with Crippen LogP contribution >= 0.6 is 0 Å². The molecule has 39 heavy (non-hydrogen) atoms. The average Bonchev–Trinajstić information content (AvgIpc) is 2.94. The van der Waals surface area contributed by atoms with Crippen LogP contribution in [-0.4, -0.2) is 74.5 Å². The van der Waals surface area contributed by atoms with Crippen molar-refractivity contribution in [1.82, 2.24) is 9.55 Å². The summed E-state index contributed by atoms with van der Waals surface area (Å²) >= 11 is 0. The summed E-state index contributed by atoms with van der Waals surface area (Å²) in [7, 11) is 0. The quantitative estimate of drug-likeness (QED) is 0.420. The zero-order valence-electron chi connectivity index (χ0n) is 23.3. The molecule has 0 saturated carbocycles. The predicted molar refractivity (Wildman–Crippen MR) is 130 cm³/mol. The standard InChI is InChI=1S/C24H35F2N3O10/c1-21(2,3)37-18(32)29(19(33)38-22(4,5)6)14-10-11-28(17(31)27-14)16-24(25,26)15(13(12-30)35-16)36-20(34)39-23(7,8)9/h10-11,13,15-16,30H,12H2,1-9H3/t13-,15-,16-/m1/s1. The van der Waals surface area contributed by atoms with Crippen LogP contribution in [0.3, 0.4) is 0 Å². The molecule has 1 saturated heterocycles. The van der Waals surface area contributed by atoms with E-state index in [-0.39, 0.29) is 0 Å². The van der Waals surface area contributed by atoms with Crippen molar-refractivity contribution >= 4 is 24.2 Å². The maximum atomic E-state index is 15.3. The molecule has 220 valence electrons. The molecule has 15 heteroatoms. The second kappa shape index (κ2) is 11.0. The molecule has 2 rings (SSSR count). The number of carbonyl (C=O) groups excluding carboxylic acids is 3. The zero-order valence-corrected chi connectivity index (χ0v) is 23.3. The normalized spacial score (nSPS) is 21.2. The number of hydrogen-bond donors (Lipinski definition) is 1. The van der Waals surface area contributed by atoms with E-state index in [1.54, 1.807) is 0 Å². The largest absolute Gasteiger partial charge is 0.509 e. The van der Waals surface area contributed by atoms with Crippen molar-refractivity contribution in [3.63, 3.8) is 0 Å². The number of amides is 2. The molecule has 0 aromatic carbocycles. The predicted octanol–water partition coefficient (Wildman–Crippen LogP) is 3.77. The van der Waals surface area contributed by atoms with Crippen LogP contribution in [0.15, 0.2) is 17.1 Å². The Labute approximate surface area is 223 Å². The summed E-state index contributed by atoms with van der Waals surface area (Å²) < 4.78 is 56.3. The number of imide groups is 1. The van der Waals surface area contributed by atoms with Gasteiger partial charge in [-0.25, -0.2) is 19.2 Å². The van der Waals surface area contributed by atoms with Crippen LogP contribution in [0.1, 0.15) is 68.5 Å². The molecule has 0 spiro atoms. The minimum absolute atomic E-state index is 0.348. The number of aromatic nitrogens is 2. The van der Waals surface area contributed by atoms with E-state index in [2.05, 4.69) is 4.98 Å². The molecule has 13 nitrogen and oxygen atoms in total. The molecule has 0 bridgehead atoms. The number of aliphatic hydroxyl groups excluding tert-OH is 1. The summed E-state index contributed by atoms with van der Waals surface area (Å²) in [5.74, 6) is -4.60. The minimum atomic E-state index is -4.03. The van der Waals surface area contributed by atoms with E-state index in [1.807, 2.05) is 0 Å². The third kappa shape index (κ3) is 8.33. The second-order valence-electron chi connectivity index (χ2n) is 11.7.